The maximum atomic E-state index is 12.5. The van der Waals surface area contributed by atoms with E-state index in [4.69, 9.17) is 9.26 Å². The van der Waals surface area contributed by atoms with Crippen molar-refractivity contribution in [2.75, 3.05) is 11.4 Å². The van der Waals surface area contributed by atoms with Gasteiger partial charge in [0.2, 0.25) is 17.6 Å². The van der Waals surface area contributed by atoms with Crippen molar-refractivity contribution < 1.29 is 14.1 Å². The standard InChI is InChI=1S/C26H23N3O3/c1-17-3-9-21(10-4-17)29-16-20(15-24(29)30)26-27-25(28-32-26)19-7-13-23(14-8-19)31-22-11-5-18(2)6-12-22/h3-14,20H,15-16H2,1-2H3/t20-/m1/s1. The molecule has 1 amide bonds. The molecule has 0 unspecified atom stereocenters. The van der Waals surface area contributed by atoms with Crippen molar-refractivity contribution in [3.8, 4) is 22.9 Å². The first-order valence-corrected chi connectivity index (χ1v) is 10.6. The van der Waals surface area contributed by atoms with Crippen molar-refractivity contribution >= 4 is 11.6 Å². The number of hydrogen-bond donors (Lipinski definition) is 0. The van der Waals surface area contributed by atoms with Gasteiger partial charge in [0.15, 0.2) is 0 Å². The lowest BCUT2D eigenvalue weighted by Crippen LogP contribution is -2.24. The van der Waals surface area contributed by atoms with Gasteiger partial charge < -0.3 is 14.2 Å². The lowest BCUT2D eigenvalue weighted by molar-refractivity contribution is -0.117. The minimum Gasteiger partial charge on any atom is -0.457 e. The van der Waals surface area contributed by atoms with Crippen LogP contribution in [0.1, 0.15) is 29.4 Å². The van der Waals surface area contributed by atoms with Gasteiger partial charge in [-0.2, -0.15) is 4.98 Å². The first-order valence-electron chi connectivity index (χ1n) is 10.6. The second-order valence-corrected chi connectivity index (χ2v) is 8.14. The molecule has 0 radical (unpaired) electrons. The normalized spacial score (nSPS) is 15.9. The van der Waals surface area contributed by atoms with Crippen molar-refractivity contribution in [3.05, 3.63) is 89.8 Å². The van der Waals surface area contributed by atoms with E-state index in [1.807, 2.05) is 86.6 Å². The van der Waals surface area contributed by atoms with E-state index in [1.165, 1.54) is 5.56 Å². The van der Waals surface area contributed by atoms with Crippen LogP contribution in [-0.4, -0.2) is 22.6 Å². The molecule has 1 aliphatic heterocycles. The molecule has 160 valence electrons. The van der Waals surface area contributed by atoms with E-state index in [0.29, 0.717) is 24.7 Å². The zero-order valence-corrected chi connectivity index (χ0v) is 18.0. The van der Waals surface area contributed by atoms with E-state index in [2.05, 4.69) is 10.1 Å². The van der Waals surface area contributed by atoms with Crippen molar-refractivity contribution in [3.63, 3.8) is 0 Å². The highest BCUT2D eigenvalue weighted by Crippen LogP contribution is 2.32. The Kier molecular flexibility index (Phi) is 5.19. The van der Waals surface area contributed by atoms with E-state index >= 15 is 0 Å². The Hall–Kier alpha value is -3.93. The van der Waals surface area contributed by atoms with Crippen molar-refractivity contribution in [2.24, 2.45) is 0 Å². The minimum atomic E-state index is -0.116. The van der Waals surface area contributed by atoms with Gasteiger partial charge in [0.05, 0.1) is 5.92 Å². The predicted octanol–water partition coefficient (Wildman–Crippen LogP) is 5.67. The zero-order valence-electron chi connectivity index (χ0n) is 18.0. The van der Waals surface area contributed by atoms with Crippen LogP contribution in [0.15, 0.2) is 77.3 Å². The van der Waals surface area contributed by atoms with E-state index in [-0.39, 0.29) is 11.8 Å². The van der Waals surface area contributed by atoms with Gasteiger partial charge in [-0.15, -0.1) is 0 Å². The van der Waals surface area contributed by atoms with Crippen LogP contribution in [0.25, 0.3) is 11.4 Å². The molecule has 3 aromatic carbocycles. The first-order chi connectivity index (χ1) is 15.5. The summed E-state index contributed by atoms with van der Waals surface area (Å²) >= 11 is 0. The fourth-order valence-corrected chi connectivity index (χ4v) is 3.78. The fraction of sp³-hybridized carbons (Fsp3) is 0.192. The van der Waals surface area contributed by atoms with E-state index in [1.54, 1.807) is 4.90 Å². The third-order valence-corrected chi connectivity index (χ3v) is 5.63. The first kappa shape index (κ1) is 20.0. The van der Waals surface area contributed by atoms with Crippen LogP contribution in [0.3, 0.4) is 0 Å². The summed E-state index contributed by atoms with van der Waals surface area (Å²) < 4.78 is 11.4. The molecule has 0 bridgehead atoms. The summed E-state index contributed by atoms with van der Waals surface area (Å²) in [6, 6.07) is 23.4. The Morgan fingerprint density at radius 2 is 1.47 bits per heavy atom. The monoisotopic (exact) mass is 425 g/mol. The molecule has 1 aromatic heterocycles. The van der Waals surface area contributed by atoms with Crippen molar-refractivity contribution in [2.45, 2.75) is 26.2 Å². The van der Waals surface area contributed by atoms with Crippen molar-refractivity contribution in [1.82, 2.24) is 10.1 Å². The maximum absolute atomic E-state index is 12.5. The number of benzene rings is 3. The summed E-state index contributed by atoms with van der Waals surface area (Å²) in [6.45, 7) is 4.60. The molecular formula is C26H23N3O3. The largest absolute Gasteiger partial charge is 0.457 e. The molecule has 1 saturated heterocycles. The molecule has 1 fully saturated rings. The Morgan fingerprint density at radius 3 is 2.12 bits per heavy atom. The average molecular weight is 425 g/mol. The number of rotatable bonds is 5. The predicted molar refractivity (Wildman–Crippen MR) is 122 cm³/mol. The molecule has 32 heavy (non-hydrogen) atoms. The molecular weight excluding hydrogens is 402 g/mol. The number of aromatic nitrogens is 2. The van der Waals surface area contributed by atoms with Crippen LogP contribution < -0.4 is 9.64 Å². The number of carbonyl (C=O) groups excluding carboxylic acids is 1. The number of anilines is 1. The SMILES string of the molecule is Cc1ccc(Oc2ccc(-c3noc([C@@H]4CC(=O)N(c5ccc(C)cc5)C4)n3)cc2)cc1. The molecule has 0 saturated carbocycles. The Balaban J connectivity index is 1.28. The molecule has 6 nitrogen and oxygen atoms in total. The molecule has 0 spiro atoms. The summed E-state index contributed by atoms with van der Waals surface area (Å²) in [7, 11) is 0. The topological polar surface area (TPSA) is 68.5 Å². The highest BCUT2D eigenvalue weighted by molar-refractivity contribution is 5.96. The number of nitrogens with zero attached hydrogens (tertiary/aromatic N) is 3. The Morgan fingerprint density at radius 1 is 0.875 bits per heavy atom. The summed E-state index contributed by atoms with van der Waals surface area (Å²) in [6.07, 6.45) is 0.360. The highest BCUT2D eigenvalue weighted by atomic mass is 16.5. The average Bonchev–Trinajstić information content (AvgIpc) is 3.44. The number of aryl methyl sites for hydroxylation is 2. The van der Waals surface area contributed by atoms with Gasteiger partial charge >= 0.3 is 0 Å². The summed E-state index contributed by atoms with van der Waals surface area (Å²) in [5, 5.41) is 4.13. The second-order valence-electron chi connectivity index (χ2n) is 8.14. The number of hydrogen-bond acceptors (Lipinski definition) is 5. The van der Waals surface area contributed by atoms with Crippen LogP contribution >= 0.6 is 0 Å². The van der Waals surface area contributed by atoms with Gasteiger partial charge in [0.25, 0.3) is 0 Å². The van der Waals surface area contributed by atoms with E-state index in [0.717, 1.165) is 28.3 Å². The Bertz CT molecular complexity index is 1230. The minimum absolute atomic E-state index is 0.0659. The molecule has 6 heteroatoms. The number of carbonyl (C=O) groups is 1. The van der Waals surface area contributed by atoms with Crippen molar-refractivity contribution in [1.29, 1.82) is 0 Å². The molecule has 1 aliphatic rings. The molecule has 5 rings (SSSR count). The van der Waals surface area contributed by atoms with Gasteiger partial charge in [0, 0.05) is 24.2 Å². The van der Waals surface area contributed by atoms with Crippen LogP contribution in [0.5, 0.6) is 11.5 Å². The van der Waals surface area contributed by atoms with E-state index < -0.39 is 0 Å². The summed E-state index contributed by atoms with van der Waals surface area (Å²) in [5.74, 6) is 2.46. The van der Waals surface area contributed by atoms with Crippen LogP contribution in [0, 0.1) is 13.8 Å². The van der Waals surface area contributed by atoms with Gasteiger partial charge in [-0.1, -0.05) is 40.5 Å². The fourth-order valence-electron chi connectivity index (χ4n) is 3.78. The number of amides is 1. The van der Waals surface area contributed by atoms with Crippen LogP contribution in [-0.2, 0) is 4.79 Å². The molecule has 0 N–H and O–H groups in total. The van der Waals surface area contributed by atoms with Gasteiger partial charge in [-0.3, -0.25) is 4.79 Å². The van der Waals surface area contributed by atoms with Gasteiger partial charge in [0.1, 0.15) is 11.5 Å². The summed E-state index contributed by atoms with van der Waals surface area (Å²) in [4.78, 5) is 18.9. The molecule has 4 aromatic rings. The second kappa shape index (κ2) is 8.30. The highest BCUT2D eigenvalue weighted by Gasteiger charge is 2.35. The number of ether oxygens (including phenoxy) is 1. The molecule has 2 heterocycles. The summed E-state index contributed by atoms with van der Waals surface area (Å²) in [5.41, 5.74) is 4.07. The lowest BCUT2D eigenvalue weighted by Gasteiger charge is -2.16. The van der Waals surface area contributed by atoms with Gasteiger partial charge in [-0.25, -0.2) is 0 Å². The third kappa shape index (κ3) is 4.12. The maximum Gasteiger partial charge on any atom is 0.232 e. The zero-order chi connectivity index (χ0) is 22.1. The van der Waals surface area contributed by atoms with E-state index in [9.17, 15) is 4.79 Å². The smallest absolute Gasteiger partial charge is 0.232 e. The quantitative estimate of drug-likeness (QED) is 0.412. The van der Waals surface area contributed by atoms with Crippen LogP contribution in [0.4, 0.5) is 5.69 Å². The molecule has 0 aliphatic carbocycles. The Labute approximate surface area is 186 Å². The van der Waals surface area contributed by atoms with Gasteiger partial charge in [-0.05, 0) is 62.4 Å². The third-order valence-electron chi connectivity index (χ3n) is 5.63. The van der Waals surface area contributed by atoms with Crippen LogP contribution in [0.2, 0.25) is 0 Å². The lowest BCUT2D eigenvalue weighted by atomic mass is 10.1. The molecule has 1 atom stereocenters.